The first-order valence-corrected chi connectivity index (χ1v) is 12.4. The molecule has 3 aromatic carbocycles. The van der Waals surface area contributed by atoms with Crippen LogP contribution in [0.25, 0.3) is 0 Å². The van der Waals surface area contributed by atoms with Crippen LogP contribution in [-0.2, 0) is 0 Å². The number of para-hydroxylation sites is 1. The summed E-state index contributed by atoms with van der Waals surface area (Å²) in [6.07, 6.45) is 0.687. The SMILES string of the molecule is COc1cc([N+](=O)[O-])cc2c1N[C@H](c1ccccc1)[C@@H]1C[C@H](Sc3ccccc3[N+](=O)[O-])[C@H](Cl)[C@@H]21. The average Bonchev–Trinajstić information content (AvgIpc) is 3.19. The Morgan fingerprint density at radius 2 is 1.74 bits per heavy atom. The van der Waals surface area contributed by atoms with Gasteiger partial charge in [-0.1, -0.05) is 42.5 Å². The Morgan fingerprint density at radius 3 is 2.43 bits per heavy atom. The van der Waals surface area contributed by atoms with E-state index in [-0.39, 0.29) is 39.4 Å². The second-order valence-corrected chi connectivity index (χ2v) is 10.4. The maximum absolute atomic E-state index is 11.6. The molecule has 3 aromatic rings. The molecular formula is C25H22ClN3O5S. The second-order valence-electron chi connectivity index (χ2n) is 8.65. The molecule has 0 unspecified atom stereocenters. The number of anilines is 1. The molecule has 2 aliphatic rings. The predicted molar refractivity (Wildman–Crippen MR) is 136 cm³/mol. The molecule has 1 N–H and O–H groups in total. The number of nitrogens with one attached hydrogen (secondary N) is 1. The largest absolute Gasteiger partial charge is 0.494 e. The average molecular weight is 512 g/mol. The lowest BCUT2D eigenvalue weighted by Crippen LogP contribution is -2.31. The van der Waals surface area contributed by atoms with Gasteiger partial charge < -0.3 is 10.1 Å². The molecule has 0 radical (unpaired) electrons. The number of hydrogen-bond acceptors (Lipinski definition) is 7. The summed E-state index contributed by atoms with van der Waals surface area (Å²) in [4.78, 5) is 23.0. The normalized spacial score (nSPS) is 24.7. The molecule has 10 heteroatoms. The van der Waals surface area contributed by atoms with E-state index < -0.39 is 10.3 Å². The number of hydrogen-bond donors (Lipinski definition) is 1. The number of alkyl halides is 1. The molecule has 8 nitrogen and oxygen atoms in total. The van der Waals surface area contributed by atoms with Crippen molar-refractivity contribution < 1.29 is 14.6 Å². The molecule has 0 spiro atoms. The number of halogens is 1. The fraction of sp³-hybridized carbons (Fsp3) is 0.280. The van der Waals surface area contributed by atoms with Crippen molar-refractivity contribution in [1.82, 2.24) is 0 Å². The van der Waals surface area contributed by atoms with Crippen LogP contribution in [0.3, 0.4) is 0 Å². The molecule has 180 valence electrons. The summed E-state index contributed by atoms with van der Waals surface area (Å²) in [6.45, 7) is 0. The van der Waals surface area contributed by atoms with Crippen molar-refractivity contribution in [3.05, 3.63) is 98.1 Å². The summed E-state index contributed by atoms with van der Waals surface area (Å²) in [5.41, 5.74) is 2.52. The monoisotopic (exact) mass is 511 g/mol. The molecular weight excluding hydrogens is 490 g/mol. The van der Waals surface area contributed by atoms with Gasteiger partial charge in [-0.2, -0.15) is 0 Å². The Morgan fingerprint density at radius 1 is 1.03 bits per heavy atom. The zero-order valence-corrected chi connectivity index (χ0v) is 20.2. The minimum Gasteiger partial charge on any atom is -0.494 e. The molecule has 5 rings (SSSR count). The number of fused-ring (bicyclic) bond motifs is 3. The Bertz CT molecular complexity index is 1290. The van der Waals surface area contributed by atoms with E-state index in [1.54, 1.807) is 24.3 Å². The molecule has 0 bridgehead atoms. The lowest BCUT2D eigenvalue weighted by molar-refractivity contribution is -0.387. The fourth-order valence-electron chi connectivity index (χ4n) is 5.30. The van der Waals surface area contributed by atoms with E-state index in [4.69, 9.17) is 16.3 Å². The third-order valence-corrected chi connectivity index (χ3v) is 8.91. The molecule has 5 atom stereocenters. The van der Waals surface area contributed by atoms with Gasteiger partial charge in [0.25, 0.3) is 11.4 Å². The molecule has 1 aliphatic heterocycles. The highest BCUT2D eigenvalue weighted by Gasteiger charge is 2.51. The Hall–Kier alpha value is -3.30. The lowest BCUT2D eigenvalue weighted by atomic mass is 9.77. The number of thioether (sulfide) groups is 1. The van der Waals surface area contributed by atoms with Crippen LogP contribution in [0.5, 0.6) is 5.75 Å². The minimum absolute atomic E-state index is 0.0272. The second kappa shape index (κ2) is 9.39. The van der Waals surface area contributed by atoms with Gasteiger partial charge in [-0.05, 0) is 29.5 Å². The number of nitro groups is 2. The van der Waals surface area contributed by atoms with Gasteiger partial charge in [0.15, 0.2) is 0 Å². The van der Waals surface area contributed by atoms with Crippen LogP contribution in [0.2, 0.25) is 0 Å². The lowest BCUT2D eigenvalue weighted by Gasteiger charge is -2.38. The first kappa shape index (κ1) is 23.4. The van der Waals surface area contributed by atoms with E-state index in [1.165, 1.54) is 31.0 Å². The summed E-state index contributed by atoms with van der Waals surface area (Å²) in [5, 5.41) is 26.3. The van der Waals surface area contributed by atoms with Crippen LogP contribution < -0.4 is 10.1 Å². The molecule has 1 fully saturated rings. The summed E-state index contributed by atoms with van der Waals surface area (Å²) >= 11 is 8.52. The Kier molecular flexibility index (Phi) is 6.29. The molecule has 1 saturated carbocycles. The van der Waals surface area contributed by atoms with Crippen LogP contribution in [0.4, 0.5) is 17.1 Å². The summed E-state index contributed by atoms with van der Waals surface area (Å²) in [7, 11) is 1.49. The van der Waals surface area contributed by atoms with E-state index in [0.717, 1.165) is 11.1 Å². The van der Waals surface area contributed by atoms with Gasteiger partial charge in [0.1, 0.15) is 5.75 Å². The number of non-ortho nitro benzene ring substituents is 1. The predicted octanol–water partition coefficient (Wildman–Crippen LogP) is 6.55. The van der Waals surface area contributed by atoms with Gasteiger partial charge in [0, 0.05) is 23.3 Å². The van der Waals surface area contributed by atoms with Crippen LogP contribution in [0.15, 0.2) is 71.6 Å². The molecule has 0 amide bonds. The number of nitro benzene ring substituents is 2. The van der Waals surface area contributed by atoms with Crippen LogP contribution in [0.1, 0.15) is 29.5 Å². The highest BCUT2D eigenvalue weighted by atomic mass is 35.5. The number of benzene rings is 3. The summed E-state index contributed by atoms with van der Waals surface area (Å²) in [6, 6.07) is 19.5. The van der Waals surface area contributed by atoms with Gasteiger partial charge in [0.2, 0.25) is 0 Å². The first-order chi connectivity index (χ1) is 16.9. The molecule has 1 aliphatic carbocycles. The maximum Gasteiger partial charge on any atom is 0.282 e. The van der Waals surface area contributed by atoms with Crippen molar-refractivity contribution >= 4 is 40.4 Å². The highest BCUT2D eigenvalue weighted by molar-refractivity contribution is 8.00. The standard InChI is InChI=1S/C25H22ClN3O5S/c1-34-19-12-15(28(30)31)11-16-22-17(24(27-25(16)19)14-7-3-2-4-8-14)13-21(23(22)26)35-20-10-6-5-9-18(20)29(32)33/h2-12,17,21-24,27H,13H2,1H3/t17-,21+,22+,23+,24-/m1/s1. The van der Waals surface area contributed by atoms with Crippen molar-refractivity contribution in [2.75, 3.05) is 12.4 Å². The molecule has 0 saturated heterocycles. The van der Waals surface area contributed by atoms with Gasteiger partial charge in [-0.25, -0.2) is 0 Å². The first-order valence-electron chi connectivity index (χ1n) is 11.1. The zero-order valence-electron chi connectivity index (χ0n) is 18.7. The van der Waals surface area contributed by atoms with Crippen molar-refractivity contribution in [2.45, 2.75) is 33.9 Å². The maximum atomic E-state index is 11.6. The number of methoxy groups -OCH3 is 1. The van der Waals surface area contributed by atoms with Gasteiger partial charge in [-0.3, -0.25) is 20.2 Å². The number of nitrogens with zero attached hydrogens (tertiary/aromatic N) is 2. The smallest absolute Gasteiger partial charge is 0.282 e. The van der Waals surface area contributed by atoms with E-state index in [2.05, 4.69) is 5.32 Å². The van der Waals surface area contributed by atoms with Gasteiger partial charge in [0.05, 0.1) is 45.0 Å². The van der Waals surface area contributed by atoms with E-state index in [9.17, 15) is 20.2 Å². The molecule has 0 aromatic heterocycles. The topological polar surface area (TPSA) is 108 Å². The van der Waals surface area contributed by atoms with E-state index in [0.29, 0.717) is 22.8 Å². The van der Waals surface area contributed by atoms with Crippen molar-refractivity contribution in [2.24, 2.45) is 5.92 Å². The molecule has 35 heavy (non-hydrogen) atoms. The van der Waals surface area contributed by atoms with Crippen LogP contribution in [0, 0.1) is 26.1 Å². The number of rotatable bonds is 6. The van der Waals surface area contributed by atoms with Crippen molar-refractivity contribution in [3.8, 4) is 5.75 Å². The minimum atomic E-state index is -0.432. The van der Waals surface area contributed by atoms with Crippen LogP contribution in [-0.4, -0.2) is 27.6 Å². The van der Waals surface area contributed by atoms with Crippen molar-refractivity contribution in [1.29, 1.82) is 0 Å². The quantitative estimate of drug-likeness (QED) is 0.227. The van der Waals surface area contributed by atoms with Crippen LogP contribution >= 0.6 is 23.4 Å². The van der Waals surface area contributed by atoms with Crippen molar-refractivity contribution in [3.63, 3.8) is 0 Å². The third kappa shape index (κ3) is 4.19. The fourth-order valence-corrected chi connectivity index (χ4v) is 7.24. The number of ether oxygens (including phenoxy) is 1. The van der Waals surface area contributed by atoms with E-state index >= 15 is 0 Å². The Labute approximate surface area is 210 Å². The van der Waals surface area contributed by atoms with Gasteiger partial charge in [-0.15, -0.1) is 23.4 Å². The zero-order chi connectivity index (χ0) is 24.7. The van der Waals surface area contributed by atoms with E-state index in [1.807, 2.05) is 30.3 Å². The molecule has 1 heterocycles. The summed E-state index contributed by atoms with van der Waals surface area (Å²) < 4.78 is 5.55. The summed E-state index contributed by atoms with van der Waals surface area (Å²) in [5.74, 6) is 0.221. The third-order valence-electron chi connectivity index (χ3n) is 6.80. The Balaban J connectivity index is 1.60. The highest BCUT2D eigenvalue weighted by Crippen LogP contribution is 2.59. The van der Waals surface area contributed by atoms with Gasteiger partial charge >= 0.3 is 0 Å².